The third kappa shape index (κ3) is 6.65. The topological polar surface area (TPSA) is 76.4 Å². The molecule has 0 fully saturated rings. The van der Waals surface area contributed by atoms with Crippen LogP contribution in [0.4, 0.5) is 0 Å². The third-order valence-electron chi connectivity index (χ3n) is 4.58. The van der Waals surface area contributed by atoms with Gasteiger partial charge >= 0.3 is 0 Å². The minimum Gasteiger partial charge on any atom is -0.493 e. The second-order valence-corrected chi connectivity index (χ2v) is 7.34. The number of guanidine groups is 1. The van der Waals surface area contributed by atoms with E-state index in [2.05, 4.69) is 51.7 Å². The molecule has 0 saturated carbocycles. The van der Waals surface area contributed by atoms with Crippen LogP contribution in [0.1, 0.15) is 31.7 Å². The molecule has 0 radical (unpaired) electrons. The van der Waals surface area contributed by atoms with Crippen LogP contribution in [0.2, 0.25) is 0 Å². The largest absolute Gasteiger partial charge is 0.493 e. The van der Waals surface area contributed by atoms with Crippen molar-refractivity contribution < 1.29 is 4.74 Å². The van der Waals surface area contributed by atoms with Gasteiger partial charge in [0.25, 0.3) is 0 Å². The maximum absolute atomic E-state index is 5.73. The second-order valence-electron chi connectivity index (χ2n) is 7.34. The van der Waals surface area contributed by atoms with E-state index >= 15 is 0 Å². The Balaban J connectivity index is 0.00000280. The van der Waals surface area contributed by atoms with Crippen LogP contribution in [0, 0.1) is 5.92 Å². The first-order valence-corrected chi connectivity index (χ1v) is 9.69. The zero-order valence-electron chi connectivity index (χ0n) is 16.9. The van der Waals surface area contributed by atoms with Crippen molar-refractivity contribution in [1.29, 1.82) is 0 Å². The van der Waals surface area contributed by atoms with Gasteiger partial charge in [-0.15, -0.1) is 24.0 Å². The molecule has 1 aromatic heterocycles. The summed E-state index contributed by atoms with van der Waals surface area (Å²) >= 11 is 0. The first-order valence-electron chi connectivity index (χ1n) is 9.69. The molecule has 0 spiro atoms. The number of fused-ring (bicyclic) bond motifs is 1. The number of nitrogens with one attached hydrogen (secondary N) is 2. The van der Waals surface area contributed by atoms with Gasteiger partial charge in [0.15, 0.2) is 5.96 Å². The molecule has 1 atom stereocenters. The lowest BCUT2D eigenvalue weighted by Crippen LogP contribution is -2.47. The van der Waals surface area contributed by atoms with E-state index in [0.717, 1.165) is 56.5 Å². The zero-order valence-corrected chi connectivity index (χ0v) is 19.2. The maximum Gasteiger partial charge on any atom is 0.191 e. The van der Waals surface area contributed by atoms with E-state index in [9.17, 15) is 0 Å². The lowest BCUT2D eigenvalue weighted by Gasteiger charge is -2.25. The average molecular weight is 498 g/mol. The molecule has 0 bridgehead atoms. The standard InChI is InChI=1S/C20H30N6O.HI/c1-15(2)13-27-18-7-4-16(5-8-18)10-11-22-20(21-3)25-17-6-9-19-23-14-24-26(19)12-17;/h4-5,7-8,14-15,17H,6,9-13H2,1-3H3,(H2,21,22,25);1H. The Bertz CT molecular complexity index is 743. The number of rotatable bonds is 7. The van der Waals surface area contributed by atoms with Gasteiger partial charge in [-0.25, -0.2) is 9.67 Å². The Morgan fingerprint density at radius 1 is 1.32 bits per heavy atom. The molecule has 28 heavy (non-hydrogen) atoms. The zero-order chi connectivity index (χ0) is 19.1. The van der Waals surface area contributed by atoms with Crippen LogP contribution >= 0.6 is 24.0 Å². The number of aliphatic imine (C=N–C) groups is 1. The number of hydrogen-bond donors (Lipinski definition) is 2. The van der Waals surface area contributed by atoms with Crippen LogP contribution in [-0.4, -0.2) is 47.0 Å². The van der Waals surface area contributed by atoms with E-state index in [-0.39, 0.29) is 24.0 Å². The van der Waals surface area contributed by atoms with Gasteiger partial charge in [-0.3, -0.25) is 4.99 Å². The molecule has 0 saturated heterocycles. The maximum atomic E-state index is 5.73. The molecular weight excluding hydrogens is 467 g/mol. The first kappa shape index (κ1) is 22.4. The summed E-state index contributed by atoms with van der Waals surface area (Å²) in [5.41, 5.74) is 1.28. The lowest BCUT2D eigenvalue weighted by molar-refractivity contribution is 0.271. The van der Waals surface area contributed by atoms with Crippen molar-refractivity contribution in [2.45, 2.75) is 45.7 Å². The van der Waals surface area contributed by atoms with E-state index < -0.39 is 0 Å². The molecule has 2 aromatic rings. The van der Waals surface area contributed by atoms with E-state index in [4.69, 9.17) is 4.74 Å². The Labute approximate surface area is 184 Å². The summed E-state index contributed by atoms with van der Waals surface area (Å²) in [5, 5.41) is 11.2. The molecule has 7 nitrogen and oxygen atoms in total. The highest BCUT2D eigenvalue weighted by Gasteiger charge is 2.20. The van der Waals surface area contributed by atoms with Gasteiger partial charge in [0, 0.05) is 26.1 Å². The molecule has 1 aliphatic heterocycles. The molecule has 0 aliphatic carbocycles. The minimum atomic E-state index is 0. The number of halogens is 1. The quantitative estimate of drug-likeness (QED) is 0.349. The SMILES string of the molecule is CN=C(NCCc1ccc(OCC(C)C)cc1)NC1CCc2ncnn2C1.I. The summed E-state index contributed by atoms with van der Waals surface area (Å²) < 4.78 is 7.70. The van der Waals surface area contributed by atoms with Gasteiger partial charge in [-0.2, -0.15) is 5.10 Å². The second kappa shape index (κ2) is 11.2. The van der Waals surface area contributed by atoms with Crippen LogP contribution in [0.15, 0.2) is 35.6 Å². The van der Waals surface area contributed by atoms with E-state index in [1.807, 2.05) is 16.8 Å². The molecular formula is C20H31IN6O. The van der Waals surface area contributed by atoms with E-state index in [1.165, 1.54) is 5.56 Å². The summed E-state index contributed by atoms with van der Waals surface area (Å²) in [7, 11) is 1.81. The van der Waals surface area contributed by atoms with Crippen molar-refractivity contribution in [2.75, 3.05) is 20.2 Å². The van der Waals surface area contributed by atoms with Crippen LogP contribution in [0.5, 0.6) is 5.75 Å². The molecule has 1 unspecified atom stereocenters. The predicted molar refractivity (Wildman–Crippen MR) is 123 cm³/mol. The molecule has 1 aromatic carbocycles. The van der Waals surface area contributed by atoms with Crippen molar-refractivity contribution in [1.82, 2.24) is 25.4 Å². The molecule has 154 valence electrons. The summed E-state index contributed by atoms with van der Waals surface area (Å²) in [4.78, 5) is 8.61. The molecule has 3 rings (SSSR count). The van der Waals surface area contributed by atoms with Crippen molar-refractivity contribution in [3.63, 3.8) is 0 Å². The summed E-state index contributed by atoms with van der Waals surface area (Å²) in [5.74, 6) is 3.37. The summed E-state index contributed by atoms with van der Waals surface area (Å²) in [6.45, 7) is 6.71. The van der Waals surface area contributed by atoms with E-state index in [1.54, 1.807) is 13.4 Å². The smallest absolute Gasteiger partial charge is 0.191 e. The van der Waals surface area contributed by atoms with Gasteiger partial charge in [0.1, 0.15) is 17.9 Å². The fourth-order valence-electron chi connectivity index (χ4n) is 3.08. The average Bonchev–Trinajstić information content (AvgIpc) is 3.14. The van der Waals surface area contributed by atoms with Crippen molar-refractivity contribution in [3.8, 4) is 5.75 Å². The molecule has 2 heterocycles. The molecule has 1 aliphatic rings. The van der Waals surface area contributed by atoms with Crippen molar-refractivity contribution in [3.05, 3.63) is 42.0 Å². The Hall–Kier alpha value is -1.84. The number of benzene rings is 1. The highest BCUT2D eigenvalue weighted by Crippen LogP contribution is 2.14. The highest BCUT2D eigenvalue weighted by molar-refractivity contribution is 14.0. The Kier molecular flexibility index (Phi) is 9.01. The monoisotopic (exact) mass is 498 g/mol. The number of hydrogen-bond acceptors (Lipinski definition) is 4. The van der Waals surface area contributed by atoms with Crippen LogP contribution in [-0.2, 0) is 19.4 Å². The molecule has 2 N–H and O–H groups in total. The van der Waals surface area contributed by atoms with Gasteiger partial charge in [0.2, 0.25) is 0 Å². The first-order chi connectivity index (χ1) is 13.1. The highest BCUT2D eigenvalue weighted by atomic mass is 127. The third-order valence-corrected chi connectivity index (χ3v) is 4.58. The van der Waals surface area contributed by atoms with Gasteiger partial charge in [-0.1, -0.05) is 26.0 Å². The predicted octanol–water partition coefficient (Wildman–Crippen LogP) is 2.65. The Morgan fingerprint density at radius 3 is 2.82 bits per heavy atom. The van der Waals surface area contributed by atoms with Crippen molar-refractivity contribution in [2.24, 2.45) is 10.9 Å². The Morgan fingerprint density at radius 2 is 2.11 bits per heavy atom. The summed E-state index contributed by atoms with van der Waals surface area (Å²) in [6.07, 6.45) is 4.55. The minimum absolute atomic E-state index is 0. The summed E-state index contributed by atoms with van der Waals surface area (Å²) in [6, 6.07) is 8.66. The van der Waals surface area contributed by atoms with E-state index in [0.29, 0.717) is 12.0 Å². The normalized spacial score (nSPS) is 16.3. The van der Waals surface area contributed by atoms with Crippen molar-refractivity contribution >= 4 is 29.9 Å². The van der Waals surface area contributed by atoms with Gasteiger partial charge < -0.3 is 15.4 Å². The number of nitrogens with zero attached hydrogens (tertiary/aromatic N) is 4. The fraction of sp³-hybridized carbons (Fsp3) is 0.550. The number of ether oxygens (including phenoxy) is 1. The number of aryl methyl sites for hydroxylation is 1. The number of aromatic nitrogens is 3. The van der Waals surface area contributed by atoms with Gasteiger partial charge in [0.05, 0.1) is 13.2 Å². The van der Waals surface area contributed by atoms with Crippen LogP contribution < -0.4 is 15.4 Å². The van der Waals surface area contributed by atoms with Crippen LogP contribution in [0.25, 0.3) is 0 Å². The lowest BCUT2D eigenvalue weighted by atomic mass is 10.1. The fourth-order valence-corrected chi connectivity index (χ4v) is 3.08. The van der Waals surface area contributed by atoms with Crippen LogP contribution in [0.3, 0.4) is 0 Å². The van der Waals surface area contributed by atoms with Gasteiger partial charge in [-0.05, 0) is 36.5 Å². The molecule has 0 amide bonds. The molecule has 8 heteroatoms.